The minimum absolute atomic E-state index is 0.226. The number of hydrogen-bond donors (Lipinski definition) is 2. The number of carbonyl (C=O) groups excluding carboxylic acids is 2. The van der Waals surface area contributed by atoms with E-state index in [-0.39, 0.29) is 13.2 Å². The normalized spacial score (nSPS) is 10.1. The monoisotopic (exact) mass is 346 g/mol. The van der Waals surface area contributed by atoms with E-state index < -0.39 is 11.8 Å². The molecule has 0 fully saturated rings. The fourth-order valence-electron chi connectivity index (χ4n) is 1.98. The Morgan fingerprint density at radius 3 is 2.42 bits per heavy atom. The van der Waals surface area contributed by atoms with Gasteiger partial charge in [0, 0.05) is 0 Å². The van der Waals surface area contributed by atoms with Crippen LogP contribution in [0.25, 0.3) is 0 Å². The summed E-state index contributed by atoms with van der Waals surface area (Å²) in [6.45, 7) is 2.58. The predicted octanol–water partition coefficient (Wildman–Crippen LogP) is 3.04. The van der Waals surface area contributed by atoms with Crippen molar-refractivity contribution in [1.82, 2.24) is 5.32 Å². The van der Waals surface area contributed by atoms with Crippen LogP contribution in [-0.4, -0.2) is 25.0 Å². The van der Waals surface area contributed by atoms with E-state index in [0.717, 1.165) is 12.2 Å². The molecule has 2 amide bonds. The Hall–Kier alpha value is -2.53. The average molecular weight is 347 g/mol. The first-order chi connectivity index (χ1) is 11.6. The van der Waals surface area contributed by atoms with E-state index in [1.54, 1.807) is 24.3 Å². The van der Waals surface area contributed by atoms with E-state index in [1.165, 1.54) is 5.56 Å². The molecule has 0 heterocycles. The van der Waals surface area contributed by atoms with E-state index in [1.807, 2.05) is 24.3 Å². The molecule has 0 aliphatic heterocycles. The van der Waals surface area contributed by atoms with Gasteiger partial charge < -0.3 is 15.4 Å². The second kappa shape index (κ2) is 8.93. The van der Waals surface area contributed by atoms with Crippen LogP contribution in [0, 0.1) is 0 Å². The second-order valence-electron chi connectivity index (χ2n) is 5.04. The molecule has 0 atom stereocenters. The molecular weight excluding hydrogens is 328 g/mol. The number of rotatable bonds is 6. The number of halogens is 1. The number of amides is 2. The van der Waals surface area contributed by atoms with Crippen molar-refractivity contribution in [3.63, 3.8) is 0 Å². The van der Waals surface area contributed by atoms with Crippen molar-refractivity contribution >= 4 is 29.1 Å². The van der Waals surface area contributed by atoms with Gasteiger partial charge in [-0.2, -0.15) is 0 Å². The van der Waals surface area contributed by atoms with Gasteiger partial charge in [0.2, 0.25) is 0 Å². The molecule has 0 radical (unpaired) electrons. The van der Waals surface area contributed by atoms with Crippen LogP contribution >= 0.6 is 11.6 Å². The van der Waals surface area contributed by atoms with Crippen LogP contribution in [0.1, 0.15) is 12.5 Å². The summed E-state index contributed by atoms with van der Waals surface area (Å²) in [5.41, 5.74) is 1.62. The fraction of sp³-hybridized carbons (Fsp3) is 0.222. The number of anilines is 1. The average Bonchev–Trinajstić information content (AvgIpc) is 2.61. The lowest BCUT2D eigenvalue weighted by Crippen LogP contribution is -2.37. The van der Waals surface area contributed by atoms with Crippen LogP contribution in [0.2, 0.25) is 5.02 Å². The highest BCUT2D eigenvalue weighted by atomic mass is 35.5. The fourth-order valence-corrected chi connectivity index (χ4v) is 2.16. The van der Waals surface area contributed by atoms with Gasteiger partial charge in [-0.1, -0.05) is 42.8 Å². The van der Waals surface area contributed by atoms with E-state index in [9.17, 15) is 9.59 Å². The van der Waals surface area contributed by atoms with E-state index in [2.05, 4.69) is 17.6 Å². The van der Waals surface area contributed by atoms with Crippen LogP contribution in [0.15, 0.2) is 48.5 Å². The molecular formula is C18H19ClN2O3. The van der Waals surface area contributed by atoms with Gasteiger partial charge in [0.25, 0.3) is 0 Å². The highest BCUT2D eigenvalue weighted by molar-refractivity contribution is 6.41. The topological polar surface area (TPSA) is 67.4 Å². The first-order valence-corrected chi connectivity index (χ1v) is 8.03. The van der Waals surface area contributed by atoms with E-state index >= 15 is 0 Å². The summed E-state index contributed by atoms with van der Waals surface area (Å²) < 4.78 is 5.51. The van der Waals surface area contributed by atoms with Gasteiger partial charge in [-0.3, -0.25) is 9.59 Å². The molecule has 0 unspecified atom stereocenters. The lowest BCUT2D eigenvalue weighted by molar-refractivity contribution is -0.136. The van der Waals surface area contributed by atoms with Crippen molar-refractivity contribution in [3.8, 4) is 5.75 Å². The molecule has 0 aliphatic rings. The third-order valence-electron chi connectivity index (χ3n) is 3.32. The molecule has 0 aliphatic carbocycles. The molecule has 5 nitrogen and oxygen atoms in total. The first kappa shape index (κ1) is 17.8. The van der Waals surface area contributed by atoms with Crippen molar-refractivity contribution < 1.29 is 14.3 Å². The molecule has 6 heteroatoms. The summed E-state index contributed by atoms with van der Waals surface area (Å²) in [7, 11) is 0. The number of aryl methyl sites for hydroxylation is 1. The Morgan fingerprint density at radius 2 is 1.75 bits per heavy atom. The molecule has 0 bridgehead atoms. The molecule has 0 spiro atoms. The van der Waals surface area contributed by atoms with Gasteiger partial charge in [-0.15, -0.1) is 0 Å². The summed E-state index contributed by atoms with van der Waals surface area (Å²) in [6.07, 6.45) is 0.969. The quantitative estimate of drug-likeness (QED) is 0.624. The molecule has 2 N–H and O–H groups in total. The predicted molar refractivity (Wildman–Crippen MR) is 94.4 cm³/mol. The lowest BCUT2D eigenvalue weighted by Gasteiger charge is -2.09. The van der Waals surface area contributed by atoms with E-state index in [4.69, 9.17) is 16.3 Å². The van der Waals surface area contributed by atoms with Gasteiger partial charge in [0.05, 0.1) is 17.3 Å². The Morgan fingerprint density at radius 1 is 1.04 bits per heavy atom. The Bertz CT molecular complexity index is 702. The zero-order valence-electron chi connectivity index (χ0n) is 13.3. The maximum absolute atomic E-state index is 11.8. The number of nitrogens with one attached hydrogen (secondary N) is 2. The van der Waals surface area contributed by atoms with Crippen molar-refractivity contribution in [2.24, 2.45) is 0 Å². The van der Waals surface area contributed by atoms with Crippen molar-refractivity contribution in [2.75, 3.05) is 18.5 Å². The number of hydrogen-bond acceptors (Lipinski definition) is 3. The summed E-state index contributed by atoms with van der Waals surface area (Å²) in [5.74, 6) is -0.780. The zero-order chi connectivity index (χ0) is 17.4. The number of carbonyl (C=O) groups is 2. The molecule has 0 saturated carbocycles. The Kier molecular flexibility index (Phi) is 6.63. The first-order valence-electron chi connectivity index (χ1n) is 7.65. The molecule has 126 valence electrons. The second-order valence-corrected chi connectivity index (χ2v) is 5.44. The summed E-state index contributed by atoms with van der Waals surface area (Å²) in [5, 5.41) is 5.33. The van der Waals surface area contributed by atoms with Crippen LogP contribution in [-0.2, 0) is 16.0 Å². The van der Waals surface area contributed by atoms with Crippen LogP contribution < -0.4 is 15.4 Å². The van der Waals surface area contributed by atoms with Gasteiger partial charge in [-0.25, -0.2) is 0 Å². The molecule has 2 rings (SSSR count). The van der Waals surface area contributed by atoms with Gasteiger partial charge in [0.15, 0.2) is 0 Å². The minimum atomic E-state index is -0.768. The van der Waals surface area contributed by atoms with Gasteiger partial charge >= 0.3 is 11.8 Å². The largest absolute Gasteiger partial charge is 0.492 e. The number of para-hydroxylation sites is 1. The van der Waals surface area contributed by atoms with Crippen LogP contribution in [0.4, 0.5) is 5.69 Å². The number of ether oxygens (including phenoxy) is 1. The third kappa shape index (κ3) is 5.28. The van der Waals surface area contributed by atoms with Gasteiger partial charge in [0.1, 0.15) is 12.4 Å². The summed E-state index contributed by atoms with van der Waals surface area (Å²) >= 11 is 5.92. The molecule has 2 aromatic rings. The summed E-state index contributed by atoms with van der Waals surface area (Å²) in [4.78, 5) is 23.5. The van der Waals surface area contributed by atoms with Crippen molar-refractivity contribution in [1.29, 1.82) is 0 Å². The maximum Gasteiger partial charge on any atom is 0.313 e. The number of benzene rings is 2. The smallest absolute Gasteiger partial charge is 0.313 e. The molecule has 0 aromatic heterocycles. The minimum Gasteiger partial charge on any atom is -0.492 e. The lowest BCUT2D eigenvalue weighted by atomic mass is 10.2. The Labute approximate surface area is 146 Å². The maximum atomic E-state index is 11.8. The molecule has 24 heavy (non-hydrogen) atoms. The highest BCUT2D eigenvalue weighted by Gasteiger charge is 2.14. The van der Waals surface area contributed by atoms with Crippen molar-refractivity contribution in [3.05, 3.63) is 59.1 Å². The van der Waals surface area contributed by atoms with Crippen LogP contribution in [0.5, 0.6) is 5.75 Å². The third-order valence-corrected chi connectivity index (χ3v) is 3.65. The Balaban J connectivity index is 1.72. The summed E-state index contributed by atoms with van der Waals surface area (Å²) in [6, 6.07) is 14.5. The standard InChI is InChI=1S/C18H19ClN2O3/c1-2-13-7-9-14(10-8-13)24-12-11-20-17(22)18(23)21-16-6-4-3-5-15(16)19/h3-10H,2,11-12H2,1H3,(H,20,22)(H,21,23). The van der Waals surface area contributed by atoms with E-state index in [0.29, 0.717) is 10.7 Å². The molecule has 2 aromatic carbocycles. The highest BCUT2D eigenvalue weighted by Crippen LogP contribution is 2.20. The van der Waals surface area contributed by atoms with Gasteiger partial charge in [-0.05, 0) is 36.2 Å². The van der Waals surface area contributed by atoms with Crippen molar-refractivity contribution in [2.45, 2.75) is 13.3 Å². The SMILES string of the molecule is CCc1ccc(OCCNC(=O)C(=O)Nc2ccccc2Cl)cc1. The zero-order valence-corrected chi connectivity index (χ0v) is 14.1. The molecule has 0 saturated heterocycles. The van der Waals surface area contributed by atoms with Crippen LogP contribution in [0.3, 0.4) is 0 Å².